The second-order valence-electron chi connectivity index (χ2n) is 0.589. The van der Waals surface area contributed by atoms with Gasteiger partial charge in [-0.15, -0.1) is 0 Å². The van der Waals surface area contributed by atoms with Crippen LogP contribution in [-0.2, 0) is 23.7 Å². The number of carbonyl (C=O) groups excluding carboxylic acids is 1. The van der Waals surface area contributed by atoms with Crippen molar-refractivity contribution in [3.63, 3.8) is 0 Å². The van der Waals surface area contributed by atoms with E-state index in [0.29, 0.717) is 6.41 Å². The molecule has 0 aromatic rings. The van der Waals surface area contributed by atoms with Gasteiger partial charge in [-0.2, -0.15) is 0 Å². The molecule has 8 radical (unpaired) electrons. The van der Waals surface area contributed by atoms with E-state index in [0.717, 1.165) is 49.4 Å². The zero-order chi connectivity index (χ0) is 14.8. The number of nitrogens with one attached hydrogen (secondary N) is 1. The SMILES string of the molecule is CNC=O.[O]=[Ge].[O]=[Ge].[O]=[Ge].[O]=[Ge][OH].[O]=[Ge][OH]. The molecule has 0 saturated heterocycles. The summed E-state index contributed by atoms with van der Waals surface area (Å²) >= 11 is -1.25. The Morgan fingerprint density at radius 2 is 1.00 bits per heavy atom. The van der Waals surface area contributed by atoms with Crippen LogP contribution >= 0.6 is 0 Å². The van der Waals surface area contributed by atoms with E-state index in [9.17, 15) is 0 Å². The van der Waals surface area contributed by atoms with Crippen LogP contribution in [0.25, 0.3) is 0 Å². The predicted molar refractivity (Wildman–Crippen MR) is 51.8 cm³/mol. The summed E-state index contributed by atoms with van der Waals surface area (Å²) < 4.78 is 56.2. The van der Waals surface area contributed by atoms with Gasteiger partial charge in [0.2, 0.25) is 6.41 Å². The topological polar surface area (TPSA) is 155 Å². The van der Waals surface area contributed by atoms with Gasteiger partial charge in [-0.3, -0.25) is 4.79 Å². The molecule has 1 amide bonds. The predicted octanol–water partition coefficient (Wildman–Crippen LogP) is -4.25. The molecule has 88 valence electrons. The molecule has 0 rings (SSSR count). The summed E-state index contributed by atoms with van der Waals surface area (Å²) in [6.45, 7) is 0. The third-order valence-electron chi connectivity index (χ3n) is 0.118. The van der Waals surface area contributed by atoms with Gasteiger partial charge < -0.3 is 5.32 Å². The van der Waals surface area contributed by atoms with Crippen molar-refractivity contribution in [2.45, 2.75) is 0 Å². The van der Waals surface area contributed by atoms with Gasteiger partial charge in [0.05, 0.1) is 0 Å². The maximum atomic E-state index is 9.06. The molecule has 0 atom stereocenters. The summed E-state index contributed by atoms with van der Waals surface area (Å²) in [5, 5.41) is 2.25. The van der Waals surface area contributed by atoms with Crippen molar-refractivity contribution in [1.29, 1.82) is 0 Å². The Balaban J connectivity index is -0.0000000193. The Morgan fingerprint density at radius 3 is 1.00 bits per heavy atom. The Bertz CT molecular complexity index is 106. The number of hydrogen-bond donors (Lipinski definition) is 3. The molecular weight excluding hydrogens is 529 g/mol. The van der Waals surface area contributed by atoms with E-state index in [1.54, 1.807) is 7.05 Å². The van der Waals surface area contributed by atoms with E-state index >= 15 is 0 Å². The first kappa shape index (κ1) is 36.0. The molecule has 0 unspecified atom stereocenters. The summed E-state index contributed by atoms with van der Waals surface area (Å²) in [7, 11) is 1.56. The van der Waals surface area contributed by atoms with Crippen LogP contribution in [0.1, 0.15) is 0 Å². The Kier molecular flexibility index (Phi) is 339. The van der Waals surface area contributed by atoms with Crippen molar-refractivity contribution in [3.8, 4) is 0 Å². The van der Waals surface area contributed by atoms with Crippen LogP contribution in [0.4, 0.5) is 0 Å². The fraction of sp³-hybridized carbons (Fsp3) is 0.500. The minimum absolute atomic E-state index is 0.625. The third-order valence-corrected chi connectivity index (χ3v) is 0.118. The van der Waals surface area contributed by atoms with Crippen LogP contribution < -0.4 is 5.32 Å². The molecule has 0 aliphatic heterocycles. The average molecular weight is 536 g/mol. The number of hydrogen-bond acceptors (Lipinski definition) is 6. The van der Waals surface area contributed by atoms with Gasteiger partial charge in [-0.05, 0) is 0 Å². The van der Waals surface area contributed by atoms with Crippen molar-refractivity contribution in [3.05, 3.63) is 0 Å². The van der Waals surface area contributed by atoms with Crippen LogP contribution in [0, 0.1) is 0 Å². The van der Waals surface area contributed by atoms with Gasteiger partial charge in [0.15, 0.2) is 0 Å². The zero-order valence-electron chi connectivity index (χ0n) is 7.92. The van der Waals surface area contributed by atoms with Crippen LogP contribution in [-0.4, -0.2) is 102 Å². The van der Waals surface area contributed by atoms with Gasteiger partial charge in [0, 0.05) is 7.05 Å². The van der Waals surface area contributed by atoms with Gasteiger partial charge in [0.25, 0.3) is 0 Å². The molecular formula is C2H7Ge5NO8. The zero-order valence-corrected chi connectivity index (χ0v) is 18.4. The normalized spacial score (nSPS) is 3.56. The van der Waals surface area contributed by atoms with Gasteiger partial charge in [0.1, 0.15) is 0 Å². The molecule has 0 fully saturated rings. The van der Waals surface area contributed by atoms with E-state index < -0.39 is 31.4 Å². The van der Waals surface area contributed by atoms with Crippen LogP contribution in [0.2, 0.25) is 0 Å². The Morgan fingerprint density at radius 1 is 0.938 bits per heavy atom. The van der Waals surface area contributed by atoms with E-state index in [-0.39, 0.29) is 0 Å². The fourth-order valence-corrected chi connectivity index (χ4v) is 0. The third kappa shape index (κ3) is 882. The van der Waals surface area contributed by atoms with Crippen molar-refractivity contribution >= 4 is 87.2 Å². The van der Waals surface area contributed by atoms with E-state index in [2.05, 4.69) is 5.32 Å². The molecule has 0 heterocycles. The molecule has 0 aliphatic rings. The molecule has 9 nitrogen and oxygen atoms in total. The summed E-state index contributed by atoms with van der Waals surface area (Å²) in [4.78, 5) is 9.06. The number of amides is 1. The summed E-state index contributed by atoms with van der Waals surface area (Å²) in [6.07, 6.45) is 0.625. The van der Waals surface area contributed by atoms with Crippen molar-refractivity contribution in [2.75, 3.05) is 7.05 Å². The Labute approximate surface area is 130 Å². The van der Waals surface area contributed by atoms with E-state index in [1.165, 1.54) is 0 Å². The van der Waals surface area contributed by atoms with Crippen molar-refractivity contribution < 1.29 is 32.0 Å². The number of carbonyl (C=O) groups is 1. The first-order valence-electron chi connectivity index (χ1n) is 2.49. The summed E-state index contributed by atoms with van der Waals surface area (Å²) in [5.41, 5.74) is 0. The molecule has 3 N–H and O–H groups in total. The summed E-state index contributed by atoms with van der Waals surface area (Å²) in [5.74, 6) is 0. The Hall–Kier alpha value is 0.784. The fourth-order valence-electron chi connectivity index (χ4n) is 0. The van der Waals surface area contributed by atoms with E-state index in [4.69, 9.17) is 32.0 Å². The van der Waals surface area contributed by atoms with Crippen LogP contribution in [0.15, 0.2) is 0 Å². The standard InChI is InChI=1S/C2H5NO.2GeHO2.3GeO/c1-3-2-4;2*2-1-3;3*1-2/h2H,1H3,(H,3,4);2*2H;;;. The van der Waals surface area contributed by atoms with Gasteiger partial charge >= 0.3 is 108 Å². The number of rotatable bonds is 1. The second-order valence-corrected chi connectivity index (χ2v) is 1.36. The average Bonchev–Trinajstić information content (AvgIpc) is 2.38. The molecule has 16 heavy (non-hydrogen) atoms. The van der Waals surface area contributed by atoms with Crippen LogP contribution in [0.5, 0.6) is 0 Å². The molecule has 0 spiro atoms. The summed E-state index contributed by atoms with van der Waals surface area (Å²) in [6, 6.07) is 0. The monoisotopic (exact) mass is 543 g/mol. The minimum atomic E-state index is -1.75. The first-order valence-corrected chi connectivity index (χ1v) is 8.65. The molecule has 0 saturated carbocycles. The molecule has 0 aliphatic carbocycles. The van der Waals surface area contributed by atoms with Crippen molar-refractivity contribution in [1.82, 2.24) is 5.32 Å². The molecule has 0 aromatic carbocycles. The van der Waals surface area contributed by atoms with Crippen molar-refractivity contribution in [2.24, 2.45) is 0 Å². The molecule has 0 bridgehead atoms. The maximum absolute atomic E-state index is 9.06. The second kappa shape index (κ2) is 151. The van der Waals surface area contributed by atoms with Crippen LogP contribution in [0.3, 0.4) is 0 Å². The molecule has 14 heteroatoms. The molecule has 0 aromatic heterocycles. The van der Waals surface area contributed by atoms with E-state index in [1.807, 2.05) is 0 Å². The van der Waals surface area contributed by atoms with Gasteiger partial charge in [-0.1, -0.05) is 0 Å². The van der Waals surface area contributed by atoms with Gasteiger partial charge in [-0.25, -0.2) is 0 Å². The first-order chi connectivity index (χ1) is 7.74. The quantitative estimate of drug-likeness (QED) is 0.225.